The number of amides is 1. The van der Waals surface area contributed by atoms with Gasteiger partial charge in [0.25, 0.3) is 5.91 Å². The molecule has 24 heavy (non-hydrogen) atoms. The molecule has 1 unspecified atom stereocenters. The third kappa shape index (κ3) is 4.02. The van der Waals surface area contributed by atoms with Gasteiger partial charge in [0, 0.05) is 0 Å². The molecule has 0 aliphatic carbocycles. The summed E-state index contributed by atoms with van der Waals surface area (Å²) in [5.74, 6) is 0.292. The molecule has 4 nitrogen and oxygen atoms in total. The third-order valence-electron chi connectivity index (χ3n) is 4.86. The summed E-state index contributed by atoms with van der Waals surface area (Å²) in [6.45, 7) is 1.73. The Hall–Kier alpha value is -2.17. The zero-order valence-electron chi connectivity index (χ0n) is 13.8. The first-order valence-corrected chi connectivity index (χ1v) is 8.55. The van der Waals surface area contributed by atoms with Crippen LogP contribution < -0.4 is 5.48 Å². The summed E-state index contributed by atoms with van der Waals surface area (Å²) in [6.07, 6.45) is 3.23. The Morgan fingerprint density at radius 2 is 1.62 bits per heavy atom. The van der Waals surface area contributed by atoms with Gasteiger partial charge in [-0.3, -0.25) is 14.9 Å². The Labute approximate surface area is 143 Å². The summed E-state index contributed by atoms with van der Waals surface area (Å²) in [5, 5.41) is 9.12. The van der Waals surface area contributed by atoms with Crippen molar-refractivity contribution in [3.63, 3.8) is 0 Å². The minimum atomic E-state index is -0.422. The number of piperidine rings is 1. The number of rotatable bonds is 5. The fourth-order valence-electron chi connectivity index (χ4n) is 3.59. The lowest BCUT2D eigenvalue weighted by Gasteiger charge is -2.36. The highest BCUT2D eigenvalue weighted by atomic mass is 16.5. The Morgan fingerprint density at radius 3 is 2.21 bits per heavy atom. The second kappa shape index (κ2) is 8.08. The van der Waals surface area contributed by atoms with Gasteiger partial charge < -0.3 is 0 Å². The number of hydroxylamine groups is 1. The molecule has 0 bridgehead atoms. The van der Waals surface area contributed by atoms with Gasteiger partial charge in [0.2, 0.25) is 0 Å². The molecule has 3 rings (SSSR count). The number of hydrogen-bond donors (Lipinski definition) is 2. The maximum Gasteiger partial charge on any atom is 0.265 e. The van der Waals surface area contributed by atoms with E-state index in [0.29, 0.717) is 5.92 Å². The van der Waals surface area contributed by atoms with E-state index in [1.54, 1.807) is 0 Å². The highest BCUT2D eigenvalue weighted by molar-refractivity contribution is 5.82. The van der Waals surface area contributed by atoms with Crippen LogP contribution in [0.5, 0.6) is 0 Å². The van der Waals surface area contributed by atoms with Crippen LogP contribution in [0, 0.1) is 5.92 Å². The molecule has 1 amide bonds. The van der Waals surface area contributed by atoms with Gasteiger partial charge in [0.15, 0.2) is 0 Å². The van der Waals surface area contributed by atoms with E-state index in [1.165, 1.54) is 5.56 Å². The fourth-order valence-corrected chi connectivity index (χ4v) is 3.59. The van der Waals surface area contributed by atoms with E-state index in [1.807, 2.05) is 41.9 Å². The minimum absolute atomic E-state index is 0.359. The van der Waals surface area contributed by atoms with E-state index in [4.69, 9.17) is 5.21 Å². The SMILES string of the molecule is O=C(NO)C(c1ccccc1)N1CCC(Cc2ccccc2)CC1. The first-order valence-electron chi connectivity index (χ1n) is 8.55. The van der Waals surface area contributed by atoms with Crippen LogP contribution in [0.2, 0.25) is 0 Å². The minimum Gasteiger partial charge on any atom is -0.289 e. The Balaban J connectivity index is 1.64. The van der Waals surface area contributed by atoms with Gasteiger partial charge in [0.1, 0.15) is 6.04 Å². The number of nitrogens with zero attached hydrogens (tertiary/aromatic N) is 1. The van der Waals surface area contributed by atoms with Crippen LogP contribution >= 0.6 is 0 Å². The van der Waals surface area contributed by atoms with Crippen LogP contribution in [0.1, 0.15) is 30.0 Å². The van der Waals surface area contributed by atoms with E-state index >= 15 is 0 Å². The lowest BCUT2D eigenvalue weighted by atomic mass is 9.89. The van der Waals surface area contributed by atoms with Crippen molar-refractivity contribution in [2.24, 2.45) is 5.92 Å². The number of carbonyl (C=O) groups excluding carboxylic acids is 1. The van der Waals surface area contributed by atoms with E-state index in [9.17, 15) is 4.79 Å². The first kappa shape index (κ1) is 16.7. The van der Waals surface area contributed by atoms with E-state index < -0.39 is 6.04 Å². The summed E-state index contributed by atoms with van der Waals surface area (Å²) >= 11 is 0. The quantitative estimate of drug-likeness (QED) is 0.656. The van der Waals surface area contributed by atoms with E-state index in [2.05, 4.69) is 29.2 Å². The first-order chi connectivity index (χ1) is 11.8. The predicted octanol–water partition coefficient (Wildman–Crippen LogP) is 3.19. The molecular formula is C20H24N2O2. The monoisotopic (exact) mass is 324 g/mol. The molecule has 1 aliphatic rings. The van der Waals surface area contributed by atoms with Crippen molar-refractivity contribution in [2.75, 3.05) is 13.1 Å². The maximum atomic E-state index is 12.2. The number of benzene rings is 2. The van der Waals surface area contributed by atoms with Gasteiger partial charge in [-0.25, -0.2) is 5.48 Å². The van der Waals surface area contributed by atoms with Gasteiger partial charge in [-0.2, -0.15) is 0 Å². The maximum absolute atomic E-state index is 12.2. The average Bonchev–Trinajstić information content (AvgIpc) is 2.65. The van der Waals surface area contributed by atoms with Gasteiger partial charge in [0.05, 0.1) is 0 Å². The zero-order chi connectivity index (χ0) is 16.8. The molecule has 4 heteroatoms. The molecule has 1 saturated heterocycles. The third-order valence-corrected chi connectivity index (χ3v) is 4.86. The highest BCUT2D eigenvalue weighted by Crippen LogP contribution is 2.28. The molecule has 2 aromatic rings. The van der Waals surface area contributed by atoms with Gasteiger partial charge in [-0.05, 0) is 49.4 Å². The van der Waals surface area contributed by atoms with Crippen molar-refractivity contribution in [1.82, 2.24) is 10.4 Å². The van der Waals surface area contributed by atoms with Crippen LogP contribution in [0.3, 0.4) is 0 Å². The molecule has 2 aromatic carbocycles. The van der Waals surface area contributed by atoms with Crippen LogP contribution in [-0.2, 0) is 11.2 Å². The van der Waals surface area contributed by atoms with Crippen molar-refractivity contribution in [3.8, 4) is 0 Å². The Morgan fingerprint density at radius 1 is 1.04 bits per heavy atom. The van der Waals surface area contributed by atoms with Crippen molar-refractivity contribution >= 4 is 5.91 Å². The molecular weight excluding hydrogens is 300 g/mol. The number of carbonyl (C=O) groups is 1. The fraction of sp³-hybridized carbons (Fsp3) is 0.350. The Bertz CT molecular complexity index is 637. The molecule has 0 aromatic heterocycles. The summed E-state index contributed by atoms with van der Waals surface area (Å²) in [7, 11) is 0. The average molecular weight is 324 g/mol. The molecule has 126 valence electrons. The molecule has 1 atom stereocenters. The largest absolute Gasteiger partial charge is 0.289 e. The van der Waals surface area contributed by atoms with Crippen molar-refractivity contribution in [2.45, 2.75) is 25.3 Å². The molecule has 0 saturated carbocycles. The van der Waals surface area contributed by atoms with E-state index in [0.717, 1.165) is 37.9 Å². The molecule has 2 N–H and O–H groups in total. The highest BCUT2D eigenvalue weighted by Gasteiger charge is 2.30. The molecule has 1 aliphatic heterocycles. The van der Waals surface area contributed by atoms with Crippen LogP contribution in [0.4, 0.5) is 0 Å². The summed E-state index contributed by atoms with van der Waals surface area (Å²) in [4.78, 5) is 14.4. The normalized spacial score (nSPS) is 17.4. The number of nitrogens with one attached hydrogen (secondary N) is 1. The topological polar surface area (TPSA) is 52.6 Å². The number of likely N-dealkylation sites (tertiary alicyclic amines) is 1. The van der Waals surface area contributed by atoms with Gasteiger partial charge >= 0.3 is 0 Å². The second-order valence-corrected chi connectivity index (χ2v) is 6.46. The van der Waals surface area contributed by atoms with E-state index in [-0.39, 0.29) is 5.91 Å². The Kier molecular flexibility index (Phi) is 5.62. The standard InChI is InChI=1S/C20H24N2O2/c23-20(21-24)19(18-9-5-2-6-10-18)22-13-11-17(12-14-22)15-16-7-3-1-4-8-16/h1-10,17,19,24H,11-15H2,(H,21,23). The summed E-state index contributed by atoms with van der Waals surface area (Å²) in [6, 6.07) is 19.8. The van der Waals surface area contributed by atoms with Crippen LogP contribution in [0.25, 0.3) is 0 Å². The summed E-state index contributed by atoms with van der Waals surface area (Å²) in [5.41, 5.74) is 4.13. The van der Waals surface area contributed by atoms with Crippen molar-refractivity contribution < 1.29 is 10.0 Å². The lowest BCUT2D eigenvalue weighted by molar-refractivity contribution is -0.135. The van der Waals surface area contributed by atoms with Crippen molar-refractivity contribution in [1.29, 1.82) is 0 Å². The number of hydrogen-bond acceptors (Lipinski definition) is 3. The molecule has 0 radical (unpaired) electrons. The molecule has 0 spiro atoms. The predicted molar refractivity (Wildman–Crippen MR) is 93.6 cm³/mol. The molecule has 1 heterocycles. The van der Waals surface area contributed by atoms with Crippen LogP contribution in [0.15, 0.2) is 60.7 Å². The molecule has 1 fully saturated rings. The van der Waals surface area contributed by atoms with Crippen LogP contribution in [-0.4, -0.2) is 29.1 Å². The lowest BCUT2D eigenvalue weighted by Crippen LogP contribution is -2.43. The second-order valence-electron chi connectivity index (χ2n) is 6.46. The van der Waals surface area contributed by atoms with Gasteiger partial charge in [-0.1, -0.05) is 60.7 Å². The zero-order valence-corrected chi connectivity index (χ0v) is 13.8. The van der Waals surface area contributed by atoms with Crippen molar-refractivity contribution in [3.05, 3.63) is 71.8 Å². The smallest absolute Gasteiger partial charge is 0.265 e. The van der Waals surface area contributed by atoms with Gasteiger partial charge in [-0.15, -0.1) is 0 Å². The summed E-state index contributed by atoms with van der Waals surface area (Å²) < 4.78 is 0.